The Bertz CT molecular complexity index is 606. The van der Waals surface area contributed by atoms with Crippen LogP contribution in [0.2, 0.25) is 0 Å². The monoisotopic (exact) mass is 400 g/mol. The van der Waals surface area contributed by atoms with Crippen molar-refractivity contribution in [3.63, 3.8) is 0 Å². The zero-order valence-corrected chi connectivity index (χ0v) is 19.7. The van der Waals surface area contributed by atoms with E-state index in [-0.39, 0.29) is 11.6 Å². The Labute approximate surface area is 179 Å². The number of hydrogen-bond acceptors (Lipinski definition) is 2. The fraction of sp³-hybridized carbons (Fsp3) is 0.704. The second-order valence-electron chi connectivity index (χ2n) is 9.84. The number of carbonyl (C=O) groups is 2. The Morgan fingerprint density at radius 2 is 1.38 bits per heavy atom. The molecule has 0 aromatic rings. The van der Waals surface area contributed by atoms with Crippen LogP contribution < -0.4 is 0 Å². The zero-order valence-electron chi connectivity index (χ0n) is 19.7. The van der Waals surface area contributed by atoms with E-state index in [0.29, 0.717) is 17.6 Å². The van der Waals surface area contributed by atoms with Crippen LogP contribution in [0, 0.1) is 17.8 Å². The van der Waals surface area contributed by atoms with E-state index in [4.69, 9.17) is 0 Å². The fourth-order valence-corrected chi connectivity index (χ4v) is 4.11. The van der Waals surface area contributed by atoms with Crippen LogP contribution in [0.25, 0.3) is 0 Å². The second-order valence-corrected chi connectivity index (χ2v) is 9.84. The van der Waals surface area contributed by atoms with Crippen molar-refractivity contribution in [2.75, 3.05) is 0 Å². The number of Topliss-reactive ketones (excluding diaryl/α,β-unsaturated/α-hetero) is 1. The van der Waals surface area contributed by atoms with Gasteiger partial charge in [0.1, 0.15) is 0 Å². The highest BCUT2D eigenvalue weighted by atomic mass is 16.1. The zero-order chi connectivity index (χ0) is 21.8. The summed E-state index contributed by atoms with van der Waals surface area (Å²) in [7, 11) is 0. The lowest BCUT2D eigenvalue weighted by atomic mass is 9.90. The minimum Gasteiger partial charge on any atom is -0.290 e. The number of ketones is 2. The summed E-state index contributed by atoms with van der Waals surface area (Å²) in [5, 5.41) is 0. The number of carbonyl (C=O) groups excluding carboxylic acids is 2. The maximum absolute atomic E-state index is 12.1. The van der Waals surface area contributed by atoms with E-state index in [1.807, 2.05) is 0 Å². The first-order valence-electron chi connectivity index (χ1n) is 11.8. The molecule has 2 atom stereocenters. The normalized spacial score (nSPS) is 16.6. The molecule has 0 aromatic carbocycles. The molecule has 0 heterocycles. The molecule has 0 radical (unpaired) electrons. The fourth-order valence-electron chi connectivity index (χ4n) is 4.11. The summed E-state index contributed by atoms with van der Waals surface area (Å²) in [4.78, 5) is 23.7. The molecule has 0 unspecified atom stereocenters. The number of rotatable bonds is 15. The topological polar surface area (TPSA) is 34.1 Å². The Morgan fingerprint density at radius 1 is 0.828 bits per heavy atom. The second kappa shape index (κ2) is 13.7. The van der Waals surface area contributed by atoms with E-state index >= 15 is 0 Å². The summed E-state index contributed by atoms with van der Waals surface area (Å²) in [5.74, 6) is 2.43. The lowest BCUT2D eigenvalue weighted by Crippen LogP contribution is -2.12. The van der Waals surface area contributed by atoms with Crippen LogP contribution in [0.15, 0.2) is 35.5 Å². The van der Waals surface area contributed by atoms with E-state index in [9.17, 15) is 9.59 Å². The lowest BCUT2D eigenvalue weighted by molar-refractivity contribution is -0.115. The van der Waals surface area contributed by atoms with Gasteiger partial charge in [0, 0.05) is 11.1 Å². The Morgan fingerprint density at radius 3 is 1.97 bits per heavy atom. The van der Waals surface area contributed by atoms with Crippen LogP contribution in [-0.2, 0) is 9.59 Å². The molecule has 0 saturated carbocycles. The van der Waals surface area contributed by atoms with Crippen LogP contribution in [0.3, 0.4) is 0 Å². The van der Waals surface area contributed by atoms with Crippen molar-refractivity contribution >= 4 is 11.6 Å². The molecule has 0 N–H and O–H groups in total. The predicted molar refractivity (Wildman–Crippen MR) is 125 cm³/mol. The number of hydrogen-bond donors (Lipinski definition) is 0. The van der Waals surface area contributed by atoms with Gasteiger partial charge >= 0.3 is 0 Å². The SMILES string of the molecule is C=C(CCC[C@H](C)CCC[C@H](C)CCCC(C)C)CCC1=CC(=O)C=C(C)C1=O. The van der Waals surface area contributed by atoms with Crippen molar-refractivity contribution < 1.29 is 9.59 Å². The predicted octanol–water partition coefficient (Wildman–Crippen LogP) is 7.79. The first-order valence-corrected chi connectivity index (χ1v) is 11.8. The van der Waals surface area contributed by atoms with Gasteiger partial charge in [0.2, 0.25) is 0 Å². The molecule has 2 heteroatoms. The highest BCUT2D eigenvalue weighted by Crippen LogP contribution is 2.24. The summed E-state index contributed by atoms with van der Waals surface area (Å²) < 4.78 is 0. The molecule has 0 aliphatic heterocycles. The van der Waals surface area contributed by atoms with Crippen molar-refractivity contribution in [1.29, 1.82) is 0 Å². The molecule has 29 heavy (non-hydrogen) atoms. The Balaban J connectivity index is 2.11. The van der Waals surface area contributed by atoms with Gasteiger partial charge in [0.05, 0.1) is 0 Å². The van der Waals surface area contributed by atoms with Gasteiger partial charge in [-0.15, -0.1) is 0 Å². The van der Waals surface area contributed by atoms with Crippen LogP contribution in [0.5, 0.6) is 0 Å². The van der Waals surface area contributed by atoms with Gasteiger partial charge in [-0.05, 0) is 62.5 Å². The highest BCUT2D eigenvalue weighted by Gasteiger charge is 2.18. The standard InChI is InChI=1S/C27H44O2/c1-20(2)10-7-11-21(3)12-8-13-22(4)14-9-15-23(5)16-17-25-19-26(28)18-24(6)27(25)29/h18-22H,5,7-17H2,1-4,6H3/t21-,22-/m1/s1. The van der Waals surface area contributed by atoms with E-state index in [1.165, 1.54) is 69.1 Å². The molecule has 164 valence electrons. The molecular formula is C27H44O2. The largest absolute Gasteiger partial charge is 0.290 e. The van der Waals surface area contributed by atoms with E-state index in [0.717, 1.165) is 30.6 Å². The molecule has 0 fully saturated rings. The molecule has 1 rings (SSSR count). The lowest BCUT2D eigenvalue weighted by Gasteiger charge is -2.15. The van der Waals surface area contributed by atoms with Gasteiger partial charge in [-0.25, -0.2) is 0 Å². The van der Waals surface area contributed by atoms with E-state index in [2.05, 4.69) is 34.3 Å². The van der Waals surface area contributed by atoms with Crippen LogP contribution in [-0.4, -0.2) is 11.6 Å². The van der Waals surface area contributed by atoms with Crippen molar-refractivity contribution in [2.24, 2.45) is 17.8 Å². The average molecular weight is 401 g/mol. The van der Waals surface area contributed by atoms with Gasteiger partial charge in [0.15, 0.2) is 11.6 Å². The van der Waals surface area contributed by atoms with Crippen molar-refractivity contribution in [3.05, 3.63) is 35.5 Å². The highest BCUT2D eigenvalue weighted by molar-refractivity contribution is 6.19. The first-order chi connectivity index (χ1) is 13.7. The molecule has 0 spiro atoms. The molecule has 1 aliphatic carbocycles. The summed E-state index contributed by atoms with van der Waals surface area (Å²) >= 11 is 0. The van der Waals surface area contributed by atoms with Crippen LogP contribution >= 0.6 is 0 Å². The van der Waals surface area contributed by atoms with Gasteiger partial charge in [0.25, 0.3) is 0 Å². The molecule has 0 amide bonds. The van der Waals surface area contributed by atoms with Crippen molar-refractivity contribution in [3.8, 4) is 0 Å². The van der Waals surface area contributed by atoms with E-state index < -0.39 is 0 Å². The molecule has 0 saturated heterocycles. The summed E-state index contributed by atoms with van der Waals surface area (Å²) in [6.45, 7) is 15.3. The van der Waals surface area contributed by atoms with Gasteiger partial charge in [-0.3, -0.25) is 9.59 Å². The molecular weight excluding hydrogens is 356 g/mol. The maximum atomic E-state index is 12.1. The minimum atomic E-state index is -0.0641. The Hall–Kier alpha value is -1.44. The molecule has 1 aliphatic rings. The minimum absolute atomic E-state index is 0.0180. The van der Waals surface area contributed by atoms with Crippen molar-refractivity contribution in [2.45, 2.75) is 105 Å². The Kier molecular flexibility index (Phi) is 12.1. The van der Waals surface area contributed by atoms with Crippen LogP contribution in [0.1, 0.15) is 105 Å². The van der Waals surface area contributed by atoms with Gasteiger partial charge in [-0.1, -0.05) is 84.8 Å². The quantitative estimate of drug-likeness (QED) is 0.208. The van der Waals surface area contributed by atoms with E-state index in [1.54, 1.807) is 6.92 Å². The number of allylic oxidation sites excluding steroid dienone is 5. The third-order valence-electron chi connectivity index (χ3n) is 6.17. The van der Waals surface area contributed by atoms with Crippen LogP contribution in [0.4, 0.5) is 0 Å². The third kappa shape index (κ3) is 11.4. The summed E-state index contributed by atoms with van der Waals surface area (Å²) in [6, 6.07) is 0. The third-order valence-corrected chi connectivity index (χ3v) is 6.17. The summed E-state index contributed by atoms with van der Waals surface area (Å²) in [5.41, 5.74) is 2.40. The smallest absolute Gasteiger partial charge is 0.184 e. The summed E-state index contributed by atoms with van der Waals surface area (Å²) in [6.07, 6.45) is 16.0. The maximum Gasteiger partial charge on any atom is 0.184 e. The van der Waals surface area contributed by atoms with Gasteiger partial charge in [-0.2, -0.15) is 0 Å². The van der Waals surface area contributed by atoms with Crippen molar-refractivity contribution in [1.82, 2.24) is 0 Å². The first kappa shape index (κ1) is 25.6. The molecule has 0 aromatic heterocycles. The molecule has 2 nitrogen and oxygen atoms in total. The molecule has 0 bridgehead atoms. The average Bonchev–Trinajstić information content (AvgIpc) is 2.63. The van der Waals surface area contributed by atoms with Gasteiger partial charge < -0.3 is 0 Å².